The van der Waals surface area contributed by atoms with E-state index >= 15 is 0 Å². The molecular weight excluding hydrogens is 463 g/mol. The first-order chi connectivity index (χ1) is 16.6. The Labute approximate surface area is 199 Å². The maximum atomic E-state index is 13.7. The molecule has 2 N–H and O–H groups in total. The standard InChI is InChI=1S/C25H24F3N3O4/c1-13-10-33-12-21(15-3-6-17(7-4-15)35-25(26,27)28)31(13)24(32)16-5-8-20-18(9-16)19-11-34-14(2)22(19)23(29)30-20/h3-9,13-14,21H,10-12H2,1-2H3,(H2,29,30)/t13-,14-,21-/m1/s1. The Morgan fingerprint density at radius 3 is 2.60 bits per heavy atom. The van der Waals surface area contributed by atoms with Gasteiger partial charge in [0.25, 0.3) is 5.91 Å². The van der Waals surface area contributed by atoms with Gasteiger partial charge in [0.05, 0.1) is 43.5 Å². The molecule has 2 aliphatic heterocycles. The number of amides is 1. The number of aromatic nitrogens is 1. The molecule has 1 fully saturated rings. The van der Waals surface area contributed by atoms with E-state index in [4.69, 9.17) is 15.2 Å². The minimum Gasteiger partial charge on any atom is -0.406 e. The summed E-state index contributed by atoms with van der Waals surface area (Å²) in [5.74, 6) is -0.104. The van der Waals surface area contributed by atoms with Crippen LogP contribution in [-0.2, 0) is 16.1 Å². The Morgan fingerprint density at radius 1 is 1.14 bits per heavy atom. The second kappa shape index (κ2) is 8.69. The predicted octanol–water partition coefficient (Wildman–Crippen LogP) is 4.91. The highest BCUT2D eigenvalue weighted by atomic mass is 19.4. The minimum atomic E-state index is -4.77. The van der Waals surface area contributed by atoms with Crippen LogP contribution in [0.15, 0.2) is 42.5 Å². The quantitative estimate of drug-likeness (QED) is 0.565. The second-order valence-corrected chi connectivity index (χ2v) is 8.81. The number of nitrogen functional groups attached to an aromatic ring is 1. The summed E-state index contributed by atoms with van der Waals surface area (Å²) in [5, 5.41) is 0.815. The third-order valence-electron chi connectivity index (χ3n) is 6.47. The van der Waals surface area contributed by atoms with Gasteiger partial charge in [-0.1, -0.05) is 12.1 Å². The summed E-state index contributed by atoms with van der Waals surface area (Å²) in [7, 11) is 0. The van der Waals surface area contributed by atoms with Crippen LogP contribution >= 0.6 is 0 Å². The topological polar surface area (TPSA) is 86.9 Å². The molecule has 10 heteroatoms. The molecule has 5 rings (SSSR count). The molecule has 1 aromatic heterocycles. The molecule has 0 saturated carbocycles. The summed E-state index contributed by atoms with van der Waals surface area (Å²) in [6, 6.07) is 10.1. The van der Waals surface area contributed by atoms with Gasteiger partial charge in [-0.15, -0.1) is 13.2 Å². The molecule has 1 amide bonds. The number of hydrogen-bond donors (Lipinski definition) is 1. The van der Waals surface area contributed by atoms with E-state index in [1.165, 1.54) is 24.3 Å². The van der Waals surface area contributed by atoms with Gasteiger partial charge in [-0.05, 0) is 55.3 Å². The number of pyridine rings is 1. The number of rotatable bonds is 3. The lowest BCUT2D eigenvalue weighted by Crippen LogP contribution is -2.49. The number of nitrogens with two attached hydrogens (primary N) is 1. The maximum absolute atomic E-state index is 13.7. The number of carbonyl (C=O) groups excluding carboxylic acids is 1. The van der Waals surface area contributed by atoms with Crippen LogP contribution in [0, 0.1) is 0 Å². The third kappa shape index (κ3) is 4.39. The Balaban J connectivity index is 1.48. The second-order valence-electron chi connectivity index (χ2n) is 8.81. The Bertz CT molecular complexity index is 1280. The third-order valence-corrected chi connectivity index (χ3v) is 6.47. The number of fused-ring (bicyclic) bond motifs is 3. The van der Waals surface area contributed by atoms with Crippen LogP contribution < -0.4 is 10.5 Å². The molecule has 1 saturated heterocycles. The Hall–Kier alpha value is -3.37. The smallest absolute Gasteiger partial charge is 0.406 e. The molecule has 2 aliphatic rings. The number of morpholine rings is 1. The Kier molecular flexibility index (Phi) is 5.80. The molecule has 35 heavy (non-hydrogen) atoms. The summed E-state index contributed by atoms with van der Waals surface area (Å²) in [6.07, 6.45) is -4.95. The fraction of sp³-hybridized carbons (Fsp3) is 0.360. The summed E-state index contributed by atoms with van der Waals surface area (Å²) in [6.45, 7) is 4.75. The average molecular weight is 487 g/mol. The van der Waals surface area contributed by atoms with Crippen molar-refractivity contribution in [2.45, 2.75) is 45.0 Å². The van der Waals surface area contributed by atoms with Gasteiger partial charge in [0, 0.05) is 16.5 Å². The fourth-order valence-corrected chi connectivity index (χ4v) is 4.86. The molecule has 2 aromatic carbocycles. The zero-order chi connectivity index (χ0) is 24.9. The monoisotopic (exact) mass is 487 g/mol. The van der Waals surface area contributed by atoms with Crippen LogP contribution in [0.2, 0.25) is 0 Å². The van der Waals surface area contributed by atoms with E-state index in [-0.39, 0.29) is 30.4 Å². The lowest BCUT2D eigenvalue weighted by molar-refractivity contribution is -0.274. The van der Waals surface area contributed by atoms with Gasteiger partial charge >= 0.3 is 6.36 Å². The molecule has 7 nitrogen and oxygen atoms in total. The summed E-state index contributed by atoms with van der Waals surface area (Å²) in [5.41, 5.74) is 9.72. The summed E-state index contributed by atoms with van der Waals surface area (Å²) >= 11 is 0. The molecule has 0 aliphatic carbocycles. The van der Waals surface area contributed by atoms with Gasteiger partial charge in [0.2, 0.25) is 0 Å². The van der Waals surface area contributed by atoms with Crippen LogP contribution in [0.5, 0.6) is 5.75 Å². The lowest BCUT2D eigenvalue weighted by atomic mass is 9.98. The average Bonchev–Trinajstić information content (AvgIpc) is 3.20. The van der Waals surface area contributed by atoms with Crippen molar-refractivity contribution >= 4 is 22.6 Å². The van der Waals surface area contributed by atoms with E-state index in [2.05, 4.69) is 9.72 Å². The normalized spacial score (nSPS) is 22.3. The van der Waals surface area contributed by atoms with Gasteiger partial charge in [-0.25, -0.2) is 4.98 Å². The van der Waals surface area contributed by atoms with Gasteiger partial charge < -0.3 is 24.8 Å². The first-order valence-corrected chi connectivity index (χ1v) is 11.2. The van der Waals surface area contributed by atoms with Gasteiger partial charge in [0.1, 0.15) is 11.6 Å². The molecule has 0 radical (unpaired) electrons. The van der Waals surface area contributed by atoms with Crippen molar-refractivity contribution in [3.05, 3.63) is 64.7 Å². The number of nitrogens with zero attached hydrogens (tertiary/aromatic N) is 2. The summed E-state index contributed by atoms with van der Waals surface area (Å²) < 4.78 is 53.0. The largest absolute Gasteiger partial charge is 0.573 e. The SMILES string of the molecule is C[C@@H]1COC[C@H](c2ccc(OC(F)(F)F)cc2)N1C(=O)c1ccc2nc(N)c3c(c2c1)CO[C@@H]3C. The number of alkyl halides is 3. The van der Waals surface area contributed by atoms with Crippen molar-refractivity contribution < 1.29 is 32.2 Å². The van der Waals surface area contributed by atoms with Crippen molar-refractivity contribution in [3.8, 4) is 5.75 Å². The highest BCUT2D eigenvalue weighted by Gasteiger charge is 2.35. The highest BCUT2D eigenvalue weighted by Crippen LogP contribution is 2.39. The zero-order valence-electron chi connectivity index (χ0n) is 19.1. The predicted molar refractivity (Wildman–Crippen MR) is 122 cm³/mol. The number of halogens is 3. The number of carbonyl (C=O) groups is 1. The highest BCUT2D eigenvalue weighted by molar-refractivity contribution is 5.99. The van der Waals surface area contributed by atoms with E-state index in [0.717, 1.165) is 16.5 Å². The molecular formula is C25H24F3N3O4. The number of benzene rings is 2. The van der Waals surface area contributed by atoms with Crippen molar-refractivity contribution in [3.63, 3.8) is 0 Å². The van der Waals surface area contributed by atoms with Crippen molar-refractivity contribution in [2.75, 3.05) is 18.9 Å². The fourth-order valence-electron chi connectivity index (χ4n) is 4.86. The number of hydrogen-bond acceptors (Lipinski definition) is 6. The van der Waals surface area contributed by atoms with Crippen LogP contribution in [0.25, 0.3) is 10.9 Å². The van der Waals surface area contributed by atoms with Crippen molar-refractivity contribution in [2.24, 2.45) is 0 Å². The number of anilines is 1. The van der Waals surface area contributed by atoms with Crippen LogP contribution in [0.4, 0.5) is 19.0 Å². The van der Waals surface area contributed by atoms with Crippen molar-refractivity contribution in [1.29, 1.82) is 0 Å². The molecule has 0 unspecified atom stereocenters. The van der Waals surface area contributed by atoms with E-state index in [1.807, 2.05) is 19.9 Å². The van der Waals surface area contributed by atoms with E-state index in [9.17, 15) is 18.0 Å². The van der Waals surface area contributed by atoms with E-state index in [1.54, 1.807) is 17.0 Å². The van der Waals surface area contributed by atoms with Gasteiger partial charge in [-0.3, -0.25) is 4.79 Å². The first-order valence-electron chi connectivity index (χ1n) is 11.2. The first kappa shape index (κ1) is 23.4. The van der Waals surface area contributed by atoms with Crippen molar-refractivity contribution in [1.82, 2.24) is 9.88 Å². The molecule has 0 bridgehead atoms. The van der Waals surface area contributed by atoms with Crippen LogP contribution in [0.1, 0.15) is 53.0 Å². The maximum Gasteiger partial charge on any atom is 0.573 e. The van der Waals surface area contributed by atoms with Crippen LogP contribution in [-0.4, -0.2) is 41.4 Å². The minimum absolute atomic E-state index is 0.172. The Morgan fingerprint density at radius 2 is 1.89 bits per heavy atom. The van der Waals surface area contributed by atoms with E-state index < -0.39 is 12.4 Å². The van der Waals surface area contributed by atoms with Crippen LogP contribution in [0.3, 0.4) is 0 Å². The number of ether oxygens (including phenoxy) is 3. The van der Waals surface area contributed by atoms with Gasteiger partial charge in [-0.2, -0.15) is 0 Å². The summed E-state index contributed by atoms with van der Waals surface area (Å²) in [4.78, 5) is 19.9. The molecule has 0 spiro atoms. The van der Waals surface area contributed by atoms with E-state index in [0.29, 0.717) is 35.7 Å². The van der Waals surface area contributed by atoms with Gasteiger partial charge in [0.15, 0.2) is 0 Å². The lowest BCUT2D eigenvalue weighted by Gasteiger charge is -2.41. The molecule has 3 atom stereocenters. The molecule has 3 aromatic rings. The zero-order valence-corrected chi connectivity index (χ0v) is 19.1. The molecule has 184 valence electrons. The molecule has 3 heterocycles.